The molecule has 2 aromatic rings. The number of nitrogens with zero attached hydrogens (tertiary/aromatic N) is 1. The number of benzene rings is 2. The average molecular weight is 443 g/mol. The minimum atomic E-state index is -4.02. The Morgan fingerprint density at radius 2 is 1.77 bits per heavy atom. The third kappa shape index (κ3) is 3.68. The van der Waals surface area contributed by atoms with Crippen LogP contribution in [-0.2, 0) is 26.2 Å². The molecule has 0 aromatic heterocycles. The molecule has 1 fully saturated rings. The smallest absolute Gasteiger partial charge is 0.262 e. The Hall–Kier alpha value is -3.57. The second-order valence-corrected chi connectivity index (χ2v) is 8.80. The third-order valence-corrected chi connectivity index (χ3v) is 6.46. The van der Waals surface area contributed by atoms with Crippen molar-refractivity contribution in [2.24, 2.45) is 0 Å². The van der Waals surface area contributed by atoms with Gasteiger partial charge >= 0.3 is 0 Å². The van der Waals surface area contributed by atoms with E-state index < -0.39 is 39.7 Å². The molecular formula is C20H17N3O7S. The van der Waals surface area contributed by atoms with Crippen LogP contribution >= 0.6 is 0 Å². The van der Waals surface area contributed by atoms with Crippen molar-refractivity contribution in [1.82, 2.24) is 10.2 Å². The second kappa shape index (κ2) is 7.60. The van der Waals surface area contributed by atoms with Gasteiger partial charge in [-0.2, -0.15) is 0 Å². The fourth-order valence-electron chi connectivity index (χ4n) is 3.56. The molecular weight excluding hydrogens is 426 g/mol. The molecule has 160 valence electrons. The summed E-state index contributed by atoms with van der Waals surface area (Å²) in [7, 11) is -4.02. The number of aliphatic hydroxyl groups is 1. The Morgan fingerprint density at radius 1 is 1.03 bits per heavy atom. The standard InChI is InChI=1S/C20H17N3O7S/c24-10-11-2-1-3-13(8-11)31(29,30)22-12-4-5-14-15(9-12)20(28)23(19(14)27)16-6-7-17(25)21-18(16)26/h1-5,8-9,16,22,24H,6-7,10H2,(H,21,25,26). The Kier molecular flexibility index (Phi) is 5.07. The number of rotatable bonds is 5. The number of hydrogen-bond donors (Lipinski definition) is 3. The summed E-state index contributed by atoms with van der Waals surface area (Å²) in [6.45, 7) is -0.324. The molecule has 0 spiro atoms. The highest BCUT2D eigenvalue weighted by Gasteiger charge is 2.44. The van der Waals surface area contributed by atoms with Gasteiger partial charge in [0.25, 0.3) is 21.8 Å². The molecule has 10 nitrogen and oxygen atoms in total. The van der Waals surface area contributed by atoms with Gasteiger partial charge in [0, 0.05) is 12.1 Å². The van der Waals surface area contributed by atoms with Gasteiger partial charge in [0.2, 0.25) is 11.8 Å². The number of hydrogen-bond acceptors (Lipinski definition) is 7. The van der Waals surface area contributed by atoms with Crippen molar-refractivity contribution in [1.29, 1.82) is 0 Å². The molecule has 31 heavy (non-hydrogen) atoms. The van der Waals surface area contributed by atoms with E-state index in [1.807, 2.05) is 0 Å². The zero-order valence-corrected chi connectivity index (χ0v) is 16.8. The number of carbonyl (C=O) groups is 4. The second-order valence-electron chi connectivity index (χ2n) is 7.12. The lowest BCUT2D eigenvalue weighted by Gasteiger charge is -2.27. The van der Waals surface area contributed by atoms with Crippen molar-refractivity contribution in [3.63, 3.8) is 0 Å². The van der Waals surface area contributed by atoms with E-state index in [1.165, 1.54) is 36.4 Å². The lowest BCUT2D eigenvalue weighted by molar-refractivity contribution is -0.136. The van der Waals surface area contributed by atoms with Crippen LogP contribution in [0.5, 0.6) is 0 Å². The normalized spacial score (nSPS) is 18.7. The van der Waals surface area contributed by atoms with E-state index in [1.54, 1.807) is 6.07 Å². The summed E-state index contributed by atoms with van der Waals surface area (Å²) in [5.74, 6) is -2.62. The van der Waals surface area contributed by atoms with Crippen molar-refractivity contribution in [2.75, 3.05) is 4.72 Å². The van der Waals surface area contributed by atoms with Crippen LogP contribution in [0.4, 0.5) is 5.69 Å². The number of amides is 4. The van der Waals surface area contributed by atoms with Gasteiger partial charge in [-0.1, -0.05) is 12.1 Å². The number of sulfonamides is 1. The van der Waals surface area contributed by atoms with E-state index in [2.05, 4.69) is 10.0 Å². The molecule has 0 aliphatic carbocycles. The first-order valence-electron chi connectivity index (χ1n) is 9.29. The predicted octanol–water partition coefficient (Wildman–Crippen LogP) is 0.381. The maximum absolute atomic E-state index is 12.8. The predicted molar refractivity (Wildman–Crippen MR) is 106 cm³/mol. The summed E-state index contributed by atoms with van der Waals surface area (Å²) in [6.07, 6.45) is 0.0264. The van der Waals surface area contributed by atoms with E-state index in [9.17, 15) is 32.7 Å². The highest BCUT2D eigenvalue weighted by Crippen LogP contribution is 2.30. The van der Waals surface area contributed by atoms with Crippen LogP contribution in [0.25, 0.3) is 0 Å². The number of nitrogens with one attached hydrogen (secondary N) is 2. The first-order valence-corrected chi connectivity index (χ1v) is 10.8. The highest BCUT2D eigenvalue weighted by molar-refractivity contribution is 7.92. The summed E-state index contributed by atoms with van der Waals surface area (Å²) >= 11 is 0. The number of anilines is 1. The molecule has 2 aliphatic rings. The summed E-state index contributed by atoms with van der Waals surface area (Å²) in [6, 6.07) is 8.50. The van der Waals surface area contributed by atoms with Crippen LogP contribution in [0.3, 0.4) is 0 Å². The molecule has 2 aliphatic heterocycles. The van der Waals surface area contributed by atoms with Crippen LogP contribution < -0.4 is 10.0 Å². The number of aliphatic hydroxyl groups excluding tert-OH is 1. The Balaban J connectivity index is 1.61. The Morgan fingerprint density at radius 3 is 2.48 bits per heavy atom. The first-order chi connectivity index (χ1) is 14.7. The molecule has 1 atom stereocenters. The molecule has 4 rings (SSSR count). The first kappa shape index (κ1) is 20.7. The number of piperidine rings is 1. The van der Waals surface area contributed by atoms with Gasteiger partial charge in [0.15, 0.2) is 0 Å². The molecule has 2 heterocycles. The highest BCUT2D eigenvalue weighted by atomic mass is 32.2. The Labute approximate surface area is 176 Å². The fourth-order valence-corrected chi connectivity index (χ4v) is 4.68. The zero-order chi connectivity index (χ0) is 22.3. The number of imide groups is 2. The lowest BCUT2D eigenvalue weighted by Crippen LogP contribution is -2.54. The molecule has 11 heteroatoms. The van der Waals surface area contributed by atoms with Gasteiger partial charge in [-0.05, 0) is 42.3 Å². The van der Waals surface area contributed by atoms with Crippen molar-refractivity contribution in [2.45, 2.75) is 30.4 Å². The van der Waals surface area contributed by atoms with Crippen LogP contribution in [-0.4, -0.2) is 48.1 Å². The Bertz CT molecular complexity index is 1240. The van der Waals surface area contributed by atoms with Gasteiger partial charge in [-0.3, -0.25) is 34.1 Å². The minimum absolute atomic E-state index is 0.00175. The molecule has 0 saturated carbocycles. The molecule has 2 aromatic carbocycles. The van der Waals surface area contributed by atoms with Crippen LogP contribution in [0.1, 0.15) is 39.1 Å². The summed E-state index contributed by atoms with van der Waals surface area (Å²) in [4.78, 5) is 49.7. The molecule has 1 saturated heterocycles. The van der Waals surface area contributed by atoms with E-state index in [-0.39, 0.29) is 41.2 Å². The summed E-state index contributed by atoms with van der Waals surface area (Å²) in [5, 5.41) is 11.3. The van der Waals surface area contributed by atoms with Crippen LogP contribution in [0.15, 0.2) is 47.4 Å². The molecule has 0 radical (unpaired) electrons. The quantitative estimate of drug-likeness (QED) is 0.566. The van der Waals surface area contributed by atoms with Crippen molar-refractivity contribution in [3.8, 4) is 0 Å². The summed E-state index contributed by atoms with van der Waals surface area (Å²) < 4.78 is 27.7. The van der Waals surface area contributed by atoms with Gasteiger partial charge < -0.3 is 5.11 Å². The molecule has 0 bridgehead atoms. The van der Waals surface area contributed by atoms with Crippen molar-refractivity contribution in [3.05, 3.63) is 59.2 Å². The maximum atomic E-state index is 12.8. The van der Waals surface area contributed by atoms with E-state index in [0.29, 0.717) is 5.56 Å². The zero-order valence-electron chi connectivity index (χ0n) is 16.0. The van der Waals surface area contributed by atoms with Gasteiger partial charge in [-0.25, -0.2) is 8.42 Å². The monoisotopic (exact) mass is 443 g/mol. The van der Waals surface area contributed by atoms with Crippen LogP contribution in [0.2, 0.25) is 0 Å². The van der Waals surface area contributed by atoms with Crippen LogP contribution in [0, 0.1) is 0 Å². The van der Waals surface area contributed by atoms with Gasteiger partial charge in [-0.15, -0.1) is 0 Å². The average Bonchev–Trinajstić information content (AvgIpc) is 2.98. The topological polar surface area (TPSA) is 150 Å². The maximum Gasteiger partial charge on any atom is 0.262 e. The largest absolute Gasteiger partial charge is 0.392 e. The minimum Gasteiger partial charge on any atom is -0.392 e. The van der Waals surface area contributed by atoms with E-state index in [4.69, 9.17) is 0 Å². The lowest BCUT2D eigenvalue weighted by atomic mass is 10.0. The third-order valence-electron chi connectivity index (χ3n) is 5.08. The summed E-state index contributed by atoms with van der Waals surface area (Å²) in [5.41, 5.74) is 0.468. The van der Waals surface area contributed by atoms with Gasteiger partial charge in [0.1, 0.15) is 6.04 Å². The molecule has 3 N–H and O–H groups in total. The SMILES string of the molecule is O=C1CCC(N2C(=O)c3ccc(NS(=O)(=O)c4cccc(CO)c4)cc3C2=O)C(=O)N1. The van der Waals surface area contributed by atoms with Gasteiger partial charge in [0.05, 0.1) is 22.6 Å². The molecule has 4 amide bonds. The van der Waals surface area contributed by atoms with Crippen molar-refractivity contribution >= 4 is 39.3 Å². The van der Waals surface area contributed by atoms with Crippen molar-refractivity contribution < 1.29 is 32.7 Å². The number of carbonyl (C=O) groups excluding carboxylic acids is 4. The van der Waals surface area contributed by atoms with E-state index >= 15 is 0 Å². The fraction of sp³-hybridized carbons (Fsp3) is 0.200. The van der Waals surface area contributed by atoms with E-state index in [0.717, 1.165) is 4.90 Å². The number of fused-ring (bicyclic) bond motifs is 1. The molecule has 1 unspecified atom stereocenters.